The molecule has 0 unspecified atom stereocenters. The topological polar surface area (TPSA) is 49.8 Å². The average Bonchev–Trinajstić information content (AvgIpc) is 2.41. The average molecular weight is 300 g/mol. The number of aryl methyl sites for hydroxylation is 1. The van der Waals surface area contributed by atoms with Crippen LogP contribution in [0.5, 0.6) is 0 Å². The van der Waals surface area contributed by atoms with Crippen LogP contribution in [0.2, 0.25) is 0 Å². The Kier molecular flexibility index (Phi) is 4.25. The minimum atomic E-state index is -1.52. The van der Waals surface area contributed by atoms with E-state index < -0.39 is 29.0 Å². The summed E-state index contributed by atoms with van der Waals surface area (Å²) in [7, 11) is 0. The molecule has 0 fully saturated rings. The van der Waals surface area contributed by atoms with E-state index in [0.29, 0.717) is 18.2 Å². The molecule has 0 atom stereocenters. The molecule has 0 aliphatic heterocycles. The summed E-state index contributed by atoms with van der Waals surface area (Å²) >= 11 is 0. The van der Waals surface area contributed by atoms with E-state index in [9.17, 15) is 17.6 Å². The minimum Gasteiger partial charge on any atom is -0.370 e. The molecule has 2 aromatic rings. The number of nitrogens with zero attached hydrogens (tertiary/aromatic N) is 2. The molecule has 4 nitrogen and oxygen atoms in total. The predicted octanol–water partition coefficient (Wildman–Crippen LogP) is 3.52. The molecule has 21 heavy (non-hydrogen) atoms. The van der Waals surface area contributed by atoms with Crippen LogP contribution in [-0.4, -0.2) is 16.5 Å². The van der Waals surface area contributed by atoms with Crippen molar-refractivity contribution in [2.24, 2.45) is 0 Å². The third-order valence-corrected chi connectivity index (χ3v) is 2.56. The van der Waals surface area contributed by atoms with Gasteiger partial charge in [0.2, 0.25) is 0 Å². The Labute approximate surface area is 118 Å². The molecule has 0 amide bonds. The second-order valence-corrected chi connectivity index (χ2v) is 4.18. The summed E-state index contributed by atoms with van der Waals surface area (Å²) in [5.41, 5.74) is -0.937. The van der Waals surface area contributed by atoms with Crippen LogP contribution in [0, 0.1) is 30.2 Å². The predicted molar refractivity (Wildman–Crippen MR) is 70.5 cm³/mol. The standard InChI is InChI=1S/C13H12F4N4/c1-3-18-9-5-10(20-6(2)19-9)21-13-11(16)7(14)4-8(15)12(13)17/h4-5H,3H2,1-2H3,(H2,18,19,20,21). The van der Waals surface area contributed by atoms with E-state index in [1.54, 1.807) is 6.92 Å². The molecule has 112 valence electrons. The maximum atomic E-state index is 13.6. The van der Waals surface area contributed by atoms with Crippen LogP contribution in [0.3, 0.4) is 0 Å². The van der Waals surface area contributed by atoms with Gasteiger partial charge in [-0.15, -0.1) is 0 Å². The van der Waals surface area contributed by atoms with E-state index in [2.05, 4.69) is 20.6 Å². The summed E-state index contributed by atoms with van der Waals surface area (Å²) in [4.78, 5) is 7.96. The molecule has 2 N–H and O–H groups in total. The summed E-state index contributed by atoms with van der Waals surface area (Å²) in [6.07, 6.45) is 0. The molecule has 0 aliphatic carbocycles. The van der Waals surface area contributed by atoms with Crippen LogP contribution in [0.1, 0.15) is 12.7 Å². The van der Waals surface area contributed by atoms with Crippen molar-refractivity contribution in [2.45, 2.75) is 13.8 Å². The number of anilines is 3. The highest BCUT2D eigenvalue weighted by atomic mass is 19.2. The number of hydrogen-bond acceptors (Lipinski definition) is 4. The first-order valence-electron chi connectivity index (χ1n) is 6.12. The molecule has 8 heteroatoms. The Morgan fingerprint density at radius 2 is 1.52 bits per heavy atom. The highest BCUT2D eigenvalue weighted by Gasteiger charge is 2.19. The van der Waals surface area contributed by atoms with E-state index in [1.807, 2.05) is 6.92 Å². The fraction of sp³-hybridized carbons (Fsp3) is 0.231. The second-order valence-electron chi connectivity index (χ2n) is 4.18. The Balaban J connectivity index is 2.43. The highest BCUT2D eigenvalue weighted by Crippen LogP contribution is 2.27. The van der Waals surface area contributed by atoms with Crippen LogP contribution in [-0.2, 0) is 0 Å². The summed E-state index contributed by atoms with van der Waals surface area (Å²) in [6, 6.07) is 1.52. The lowest BCUT2D eigenvalue weighted by Crippen LogP contribution is -2.07. The molecule has 1 heterocycles. The van der Waals surface area contributed by atoms with Crippen LogP contribution in [0.25, 0.3) is 0 Å². The number of hydrogen-bond donors (Lipinski definition) is 2. The van der Waals surface area contributed by atoms with Gasteiger partial charge in [-0.1, -0.05) is 0 Å². The minimum absolute atomic E-state index is 0.0150. The van der Waals surface area contributed by atoms with Gasteiger partial charge < -0.3 is 10.6 Å². The molecule has 0 aliphatic rings. The lowest BCUT2D eigenvalue weighted by molar-refractivity contribution is 0.459. The van der Waals surface area contributed by atoms with Crippen molar-refractivity contribution in [1.29, 1.82) is 0 Å². The fourth-order valence-corrected chi connectivity index (χ4v) is 1.71. The third kappa shape index (κ3) is 3.21. The quantitative estimate of drug-likeness (QED) is 0.670. The van der Waals surface area contributed by atoms with Crippen LogP contribution >= 0.6 is 0 Å². The third-order valence-electron chi connectivity index (χ3n) is 2.56. The van der Waals surface area contributed by atoms with Crippen molar-refractivity contribution >= 4 is 17.3 Å². The molecular weight excluding hydrogens is 288 g/mol. The first-order chi connectivity index (χ1) is 9.92. The van der Waals surface area contributed by atoms with Gasteiger partial charge in [-0.3, -0.25) is 0 Å². The van der Waals surface area contributed by atoms with Crippen molar-refractivity contribution in [3.63, 3.8) is 0 Å². The van der Waals surface area contributed by atoms with Crippen molar-refractivity contribution in [2.75, 3.05) is 17.2 Å². The molecule has 1 aromatic heterocycles. The van der Waals surface area contributed by atoms with Gasteiger partial charge >= 0.3 is 0 Å². The van der Waals surface area contributed by atoms with E-state index in [4.69, 9.17) is 0 Å². The number of rotatable bonds is 4. The van der Waals surface area contributed by atoms with Gasteiger partial charge in [-0.2, -0.15) is 0 Å². The van der Waals surface area contributed by atoms with E-state index >= 15 is 0 Å². The SMILES string of the molecule is CCNc1cc(Nc2c(F)c(F)cc(F)c2F)nc(C)n1. The van der Waals surface area contributed by atoms with Gasteiger partial charge in [-0.25, -0.2) is 27.5 Å². The number of benzene rings is 1. The highest BCUT2D eigenvalue weighted by molar-refractivity contribution is 5.60. The largest absolute Gasteiger partial charge is 0.370 e. The Morgan fingerprint density at radius 1 is 0.952 bits per heavy atom. The maximum absolute atomic E-state index is 13.6. The molecule has 0 radical (unpaired) electrons. The van der Waals surface area contributed by atoms with Crippen LogP contribution in [0.4, 0.5) is 34.9 Å². The summed E-state index contributed by atoms with van der Waals surface area (Å²) < 4.78 is 53.4. The molecular formula is C13H12F4N4. The summed E-state index contributed by atoms with van der Waals surface area (Å²) in [5, 5.41) is 5.14. The maximum Gasteiger partial charge on any atom is 0.185 e. The van der Waals surface area contributed by atoms with E-state index in [-0.39, 0.29) is 11.9 Å². The second kappa shape index (κ2) is 5.94. The van der Waals surface area contributed by atoms with Crippen molar-refractivity contribution in [3.05, 3.63) is 41.2 Å². The van der Waals surface area contributed by atoms with Crippen molar-refractivity contribution in [1.82, 2.24) is 9.97 Å². The summed E-state index contributed by atoms with van der Waals surface area (Å²) in [5.74, 6) is -5.26. The molecule has 0 spiro atoms. The fourth-order valence-electron chi connectivity index (χ4n) is 1.71. The number of aromatic nitrogens is 2. The van der Waals surface area contributed by atoms with Gasteiger partial charge in [0.05, 0.1) is 0 Å². The van der Waals surface area contributed by atoms with Gasteiger partial charge in [0.15, 0.2) is 23.3 Å². The zero-order valence-corrected chi connectivity index (χ0v) is 11.3. The Morgan fingerprint density at radius 3 is 2.10 bits per heavy atom. The number of nitrogens with one attached hydrogen (secondary N) is 2. The van der Waals surface area contributed by atoms with Gasteiger partial charge in [0, 0.05) is 18.7 Å². The van der Waals surface area contributed by atoms with Gasteiger partial charge in [-0.05, 0) is 13.8 Å². The molecule has 0 saturated carbocycles. The number of halogens is 4. The molecule has 0 saturated heterocycles. The van der Waals surface area contributed by atoms with Crippen molar-refractivity contribution in [3.8, 4) is 0 Å². The zero-order valence-electron chi connectivity index (χ0n) is 11.3. The van der Waals surface area contributed by atoms with Gasteiger partial charge in [0.1, 0.15) is 23.1 Å². The monoisotopic (exact) mass is 300 g/mol. The smallest absolute Gasteiger partial charge is 0.185 e. The Hall–Kier alpha value is -2.38. The van der Waals surface area contributed by atoms with E-state index in [1.165, 1.54) is 6.07 Å². The van der Waals surface area contributed by atoms with E-state index in [0.717, 1.165) is 0 Å². The van der Waals surface area contributed by atoms with Crippen LogP contribution in [0.15, 0.2) is 12.1 Å². The molecule has 2 rings (SSSR count). The molecule has 1 aromatic carbocycles. The lowest BCUT2D eigenvalue weighted by atomic mass is 10.2. The first kappa shape index (κ1) is 15.0. The van der Waals surface area contributed by atoms with Crippen molar-refractivity contribution < 1.29 is 17.6 Å². The lowest BCUT2D eigenvalue weighted by Gasteiger charge is -2.11. The zero-order chi connectivity index (χ0) is 15.6. The summed E-state index contributed by atoms with van der Waals surface area (Å²) in [6.45, 7) is 3.99. The first-order valence-corrected chi connectivity index (χ1v) is 6.12. The normalized spacial score (nSPS) is 10.6. The Bertz CT molecular complexity index is 649. The van der Waals surface area contributed by atoms with Crippen LogP contribution < -0.4 is 10.6 Å². The van der Waals surface area contributed by atoms with Gasteiger partial charge in [0.25, 0.3) is 0 Å². The molecule has 0 bridgehead atoms.